The van der Waals surface area contributed by atoms with E-state index in [1.54, 1.807) is 6.92 Å². The minimum absolute atomic E-state index is 0.222. The van der Waals surface area contributed by atoms with Crippen molar-refractivity contribution < 1.29 is 14.1 Å². The zero-order chi connectivity index (χ0) is 16.9. The summed E-state index contributed by atoms with van der Waals surface area (Å²) in [6.45, 7) is 6.27. The summed E-state index contributed by atoms with van der Waals surface area (Å²) in [5, 5.41) is 6.99. The van der Waals surface area contributed by atoms with Gasteiger partial charge in [0.2, 0.25) is 11.8 Å². The van der Waals surface area contributed by atoms with Crippen LogP contribution in [0.25, 0.3) is 0 Å². The molecular weight excluding hydrogens is 296 g/mol. The van der Waals surface area contributed by atoms with Crippen LogP contribution in [0.5, 0.6) is 0 Å². The van der Waals surface area contributed by atoms with Crippen LogP contribution in [-0.4, -0.2) is 22.7 Å². The van der Waals surface area contributed by atoms with Crippen molar-refractivity contribution in [2.75, 3.05) is 6.61 Å². The molecule has 0 unspecified atom stereocenters. The molecule has 0 aliphatic heterocycles. The molecule has 0 bridgehead atoms. The molecule has 23 heavy (non-hydrogen) atoms. The Morgan fingerprint density at radius 3 is 2.74 bits per heavy atom. The first-order chi connectivity index (χ1) is 11.0. The Bertz CT molecular complexity index is 644. The van der Waals surface area contributed by atoms with Gasteiger partial charge in [-0.25, -0.2) is 0 Å². The lowest BCUT2D eigenvalue weighted by molar-refractivity contribution is -0.124. The Morgan fingerprint density at radius 2 is 2.13 bits per heavy atom. The zero-order valence-electron chi connectivity index (χ0n) is 13.6. The van der Waals surface area contributed by atoms with Crippen molar-refractivity contribution in [3.63, 3.8) is 0 Å². The van der Waals surface area contributed by atoms with Crippen LogP contribution in [0.15, 0.2) is 34.9 Å². The standard InChI is InChI=1S/C16H22N4O3/c1-4-22-11(2)14-19-13(23-20-14)10-18-16(3,15(17)21)12-8-6-5-7-9-12/h5-9,11,18H,4,10H2,1-3H3,(H2,17,21)/t11-,16-/m0/s1. The topological polar surface area (TPSA) is 103 Å². The third-order valence-corrected chi connectivity index (χ3v) is 3.70. The molecule has 7 heteroatoms. The Morgan fingerprint density at radius 1 is 1.43 bits per heavy atom. The van der Waals surface area contributed by atoms with Crippen LogP contribution in [0.1, 0.15) is 44.2 Å². The van der Waals surface area contributed by atoms with Gasteiger partial charge in [0.05, 0.1) is 6.54 Å². The molecule has 0 saturated heterocycles. The number of nitrogens with one attached hydrogen (secondary N) is 1. The molecule has 3 N–H and O–H groups in total. The minimum Gasteiger partial charge on any atom is -0.371 e. The van der Waals surface area contributed by atoms with E-state index in [0.29, 0.717) is 18.3 Å². The number of hydrogen-bond donors (Lipinski definition) is 2. The second-order valence-electron chi connectivity index (χ2n) is 5.35. The fourth-order valence-electron chi connectivity index (χ4n) is 2.18. The van der Waals surface area contributed by atoms with Crippen LogP contribution in [0.4, 0.5) is 0 Å². The molecule has 0 spiro atoms. The minimum atomic E-state index is -1.03. The van der Waals surface area contributed by atoms with E-state index in [1.807, 2.05) is 44.2 Å². The van der Waals surface area contributed by atoms with E-state index in [2.05, 4.69) is 15.5 Å². The highest BCUT2D eigenvalue weighted by atomic mass is 16.5. The lowest BCUT2D eigenvalue weighted by Crippen LogP contribution is -2.50. The maximum atomic E-state index is 11.9. The molecule has 2 atom stereocenters. The highest BCUT2D eigenvalue weighted by Crippen LogP contribution is 2.21. The molecular formula is C16H22N4O3. The molecule has 0 fully saturated rings. The smallest absolute Gasteiger partial charge is 0.242 e. The van der Waals surface area contributed by atoms with Crippen molar-refractivity contribution in [2.45, 2.75) is 39.0 Å². The summed E-state index contributed by atoms with van der Waals surface area (Å²) >= 11 is 0. The van der Waals surface area contributed by atoms with E-state index in [0.717, 1.165) is 5.56 Å². The number of carbonyl (C=O) groups excluding carboxylic acids is 1. The van der Waals surface area contributed by atoms with Crippen LogP contribution < -0.4 is 11.1 Å². The molecule has 1 aromatic heterocycles. The van der Waals surface area contributed by atoms with Crippen molar-refractivity contribution >= 4 is 5.91 Å². The normalized spacial score (nSPS) is 15.1. The Labute approximate surface area is 135 Å². The lowest BCUT2D eigenvalue weighted by atomic mass is 9.91. The maximum Gasteiger partial charge on any atom is 0.242 e. The van der Waals surface area contributed by atoms with Crippen molar-refractivity contribution in [3.8, 4) is 0 Å². The van der Waals surface area contributed by atoms with E-state index in [4.69, 9.17) is 15.0 Å². The average Bonchev–Trinajstić information content (AvgIpc) is 3.02. The fraction of sp³-hybridized carbons (Fsp3) is 0.438. The van der Waals surface area contributed by atoms with Gasteiger partial charge in [0.1, 0.15) is 11.6 Å². The highest BCUT2D eigenvalue weighted by Gasteiger charge is 2.33. The summed E-state index contributed by atoms with van der Waals surface area (Å²) < 4.78 is 10.6. The summed E-state index contributed by atoms with van der Waals surface area (Å²) in [6, 6.07) is 9.27. The Kier molecular flexibility index (Phi) is 5.46. The van der Waals surface area contributed by atoms with E-state index in [1.165, 1.54) is 0 Å². The van der Waals surface area contributed by atoms with Gasteiger partial charge < -0.3 is 15.0 Å². The molecule has 0 aliphatic rings. The molecule has 7 nitrogen and oxygen atoms in total. The van der Waals surface area contributed by atoms with Crippen molar-refractivity contribution in [3.05, 3.63) is 47.6 Å². The quantitative estimate of drug-likeness (QED) is 0.767. The van der Waals surface area contributed by atoms with Gasteiger partial charge in [0, 0.05) is 6.61 Å². The predicted octanol–water partition coefficient (Wildman–Crippen LogP) is 1.66. The number of primary amides is 1. The number of aromatic nitrogens is 2. The van der Waals surface area contributed by atoms with Gasteiger partial charge in [-0.1, -0.05) is 35.5 Å². The predicted molar refractivity (Wildman–Crippen MR) is 84.2 cm³/mol. The second-order valence-corrected chi connectivity index (χ2v) is 5.35. The van der Waals surface area contributed by atoms with Crippen LogP contribution in [-0.2, 0) is 21.6 Å². The number of ether oxygens (including phenoxy) is 1. The number of carbonyl (C=O) groups is 1. The Hall–Kier alpha value is -2.25. The van der Waals surface area contributed by atoms with E-state index < -0.39 is 11.4 Å². The summed E-state index contributed by atoms with van der Waals surface area (Å²) in [6.07, 6.45) is -0.242. The van der Waals surface area contributed by atoms with Gasteiger partial charge in [-0.05, 0) is 26.3 Å². The first-order valence-corrected chi connectivity index (χ1v) is 7.52. The summed E-state index contributed by atoms with van der Waals surface area (Å²) in [5.41, 5.74) is 5.32. The Balaban J connectivity index is 2.10. The number of nitrogens with two attached hydrogens (primary N) is 1. The summed E-state index contributed by atoms with van der Waals surface area (Å²) in [5.74, 6) is 0.366. The third kappa shape index (κ3) is 3.94. The average molecular weight is 318 g/mol. The first-order valence-electron chi connectivity index (χ1n) is 7.52. The molecule has 124 valence electrons. The summed E-state index contributed by atoms with van der Waals surface area (Å²) in [7, 11) is 0. The van der Waals surface area contributed by atoms with Gasteiger partial charge in [0.15, 0.2) is 5.82 Å². The first kappa shape index (κ1) is 17.1. The number of rotatable bonds is 8. The monoisotopic (exact) mass is 318 g/mol. The lowest BCUT2D eigenvalue weighted by Gasteiger charge is -2.27. The molecule has 1 amide bonds. The van der Waals surface area contributed by atoms with Crippen molar-refractivity contribution in [1.29, 1.82) is 0 Å². The molecule has 1 heterocycles. The molecule has 1 aromatic carbocycles. The third-order valence-electron chi connectivity index (χ3n) is 3.70. The molecule has 0 radical (unpaired) electrons. The summed E-state index contributed by atoms with van der Waals surface area (Å²) in [4.78, 5) is 16.2. The van der Waals surface area contributed by atoms with Crippen molar-refractivity contribution in [1.82, 2.24) is 15.5 Å². The van der Waals surface area contributed by atoms with Gasteiger partial charge in [0.25, 0.3) is 0 Å². The van der Waals surface area contributed by atoms with Gasteiger partial charge in [-0.15, -0.1) is 0 Å². The van der Waals surface area contributed by atoms with Crippen LogP contribution >= 0.6 is 0 Å². The fourth-order valence-corrected chi connectivity index (χ4v) is 2.18. The highest BCUT2D eigenvalue weighted by molar-refractivity contribution is 5.85. The largest absolute Gasteiger partial charge is 0.371 e. The van der Waals surface area contributed by atoms with Crippen molar-refractivity contribution in [2.24, 2.45) is 5.73 Å². The van der Waals surface area contributed by atoms with Gasteiger partial charge >= 0.3 is 0 Å². The van der Waals surface area contributed by atoms with E-state index >= 15 is 0 Å². The van der Waals surface area contributed by atoms with Crippen LogP contribution in [0.2, 0.25) is 0 Å². The maximum absolute atomic E-state index is 11.9. The molecule has 0 aliphatic carbocycles. The molecule has 2 aromatic rings. The number of amides is 1. The van der Waals surface area contributed by atoms with Gasteiger partial charge in [-0.2, -0.15) is 4.98 Å². The molecule has 0 saturated carbocycles. The number of hydrogen-bond acceptors (Lipinski definition) is 6. The molecule has 2 rings (SSSR count). The van der Waals surface area contributed by atoms with Crippen LogP contribution in [0, 0.1) is 0 Å². The van der Waals surface area contributed by atoms with Crippen LogP contribution in [0.3, 0.4) is 0 Å². The van der Waals surface area contributed by atoms with E-state index in [-0.39, 0.29) is 12.6 Å². The van der Waals surface area contributed by atoms with E-state index in [9.17, 15) is 4.79 Å². The number of benzene rings is 1. The SMILES string of the molecule is CCO[C@@H](C)c1noc(CN[C@](C)(C(N)=O)c2ccccc2)n1. The number of nitrogens with zero attached hydrogens (tertiary/aromatic N) is 2. The second kappa shape index (κ2) is 7.34. The zero-order valence-corrected chi connectivity index (χ0v) is 13.6. The van der Waals surface area contributed by atoms with Gasteiger partial charge in [-0.3, -0.25) is 10.1 Å².